The summed E-state index contributed by atoms with van der Waals surface area (Å²) in [6, 6.07) is 8.24. The lowest BCUT2D eigenvalue weighted by Crippen LogP contribution is -2.01. The number of Topliss-reactive ketones (excluding diaryl/α,β-unsaturated/α-hetero) is 1. The fourth-order valence-corrected chi connectivity index (χ4v) is 2.31. The van der Waals surface area contributed by atoms with Crippen LogP contribution in [0.1, 0.15) is 17.3 Å². The number of nitrogens with two attached hydrogens (primary N) is 1. The van der Waals surface area contributed by atoms with Crippen molar-refractivity contribution in [1.82, 2.24) is 0 Å². The lowest BCUT2D eigenvalue weighted by Gasteiger charge is -2.11. The molecule has 0 fully saturated rings. The molecule has 20 heavy (non-hydrogen) atoms. The van der Waals surface area contributed by atoms with Gasteiger partial charge in [0.1, 0.15) is 0 Å². The molecule has 0 aliphatic carbocycles. The third kappa shape index (κ3) is 3.18. The lowest BCUT2D eigenvalue weighted by molar-refractivity contribution is 0.101. The number of hydrogen-bond acceptors (Lipinski definition) is 3. The van der Waals surface area contributed by atoms with E-state index in [1.165, 1.54) is 6.92 Å². The molecule has 2 aromatic carbocycles. The topological polar surface area (TPSA) is 55.1 Å². The quantitative estimate of drug-likeness (QED) is 0.464. The molecule has 0 amide bonds. The van der Waals surface area contributed by atoms with Gasteiger partial charge in [-0.1, -0.05) is 34.8 Å². The van der Waals surface area contributed by atoms with Crippen molar-refractivity contribution in [3.8, 4) is 0 Å². The summed E-state index contributed by atoms with van der Waals surface area (Å²) < 4.78 is 0. The molecular formula is C14H11Cl3N2O. The molecule has 0 saturated carbocycles. The first-order valence-electron chi connectivity index (χ1n) is 5.70. The Bertz CT molecular complexity index is 686. The van der Waals surface area contributed by atoms with Crippen LogP contribution in [0.25, 0.3) is 0 Å². The number of nitrogen functional groups attached to an aromatic ring is 1. The molecule has 3 N–H and O–H groups in total. The Morgan fingerprint density at radius 2 is 1.70 bits per heavy atom. The predicted octanol–water partition coefficient (Wildman–Crippen LogP) is 5.18. The van der Waals surface area contributed by atoms with Crippen LogP contribution in [0, 0.1) is 0 Å². The van der Waals surface area contributed by atoms with E-state index in [1.54, 1.807) is 30.3 Å². The molecule has 0 aromatic heterocycles. The van der Waals surface area contributed by atoms with Gasteiger partial charge in [0.05, 0.1) is 20.8 Å². The largest absolute Gasteiger partial charge is 0.398 e. The van der Waals surface area contributed by atoms with Crippen LogP contribution in [0.2, 0.25) is 15.1 Å². The smallest absolute Gasteiger partial charge is 0.161 e. The molecule has 0 heterocycles. The van der Waals surface area contributed by atoms with Crippen LogP contribution in [-0.2, 0) is 0 Å². The van der Waals surface area contributed by atoms with Crippen LogP contribution < -0.4 is 11.1 Å². The molecule has 0 spiro atoms. The Hall–Kier alpha value is -1.42. The SMILES string of the molecule is CC(=O)c1cc(Nc2cc(Cl)c(Cl)cc2Cl)ccc1N. The van der Waals surface area contributed by atoms with Crippen LogP contribution >= 0.6 is 34.8 Å². The van der Waals surface area contributed by atoms with E-state index in [1.807, 2.05) is 0 Å². The van der Waals surface area contributed by atoms with Crippen LogP contribution in [0.5, 0.6) is 0 Å². The third-order valence-electron chi connectivity index (χ3n) is 2.72. The zero-order valence-electron chi connectivity index (χ0n) is 10.5. The van der Waals surface area contributed by atoms with Crippen molar-refractivity contribution in [3.05, 3.63) is 51.0 Å². The first kappa shape index (κ1) is 15.0. The maximum Gasteiger partial charge on any atom is 0.161 e. The number of ketones is 1. The number of benzene rings is 2. The molecule has 0 aliphatic rings. The molecular weight excluding hydrogens is 319 g/mol. The highest BCUT2D eigenvalue weighted by Gasteiger charge is 2.09. The maximum atomic E-state index is 11.5. The number of halogens is 3. The number of nitrogens with one attached hydrogen (secondary N) is 1. The fourth-order valence-electron chi connectivity index (χ4n) is 1.71. The average Bonchev–Trinajstić information content (AvgIpc) is 2.37. The lowest BCUT2D eigenvalue weighted by atomic mass is 10.1. The molecule has 0 aliphatic heterocycles. The van der Waals surface area contributed by atoms with Gasteiger partial charge >= 0.3 is 0 Å². The summed E-state index contributed by atoms with van der Waals surface area (Å²) in [6.45, 7) is 1.46. The van der Waals surface area contributed by atoms with Gasteiger partial charge in [0.25, 0.3) is 0 Å². The summed E-state index contributed by atoms with van der Waals surface area (Å²) in [6.07, 6.45) is 0. The highest BCUT2D eigenvalue weighted by atomic mass is 35.5. The van der Waals surface area contributed by atoms with Gasteiger partial charge in [-0.25, -0.2) is 0 Å². The van der Waals surface area contributed by atoms with Gasteiger partial charge in [0, 0.05) is 16.9 Å². The second-order valence-corrected chi connectivity index (χ2v) is 5.45. The average molecular weight is 330 g/mol. The molecule has 0 bridgehead atoms. The number of carbonyl (C=O) groups excluding carboxylic acids is 1. The molecule has 0 saturated heterocycles. The van der Waals surface area contributed by atoms with Crippen molar-refractivity contribution in [2.75, 3.05) is 11.1 Å². The summed E-state index contributed by atoms with van der Waals surface area (Å²) in [5, 5.41) is 4.28. The van der Waals surface area contributed by atoms with Crippen molar-refractivity contribution in [3.63, 3.8) is 0 Å². The van der Waals surface area contributed by atoms with Gasteiger partial charge in [0.15, 0.2) is 5.78 Å². The summed E-state index contributed by atoms with van der Waals surface area (Å²) >= 11 is 17.9. The van der Waals surface area contributed by atoms with E-state index >= 15 is 0 Å². The molecule has 6 heteroatoms. The molecule has 104 valence electrons. The number of anilines is 3. The van der Waals surface area contributed by atoms with Crippen molar-refractivity contribution in [1.29, 1.82) is 0 Å². The fraction of sp³-hybridized carbons (Fsp3) is 0.0714. The van der Waals surface area contributed by atoms with Gasteiger partial charge in [-0.3, -0.25) is 4.79 Å². The highest BCUT2D eigenvalue weighted by molar-refractivity contribution is 6.44. The summed E-state index contributed by atoms with van der Waals surface area (Å²) in [4.78, 5) is 11.5. The van der Waals surface area contributed by atoms with Crippen molar-refractivity contribution in [2.45, 2.75) is 6.92 Å². The van der Waals surface area contributed by atoms with E-state index in [0.29, 0.717) is 37.7 Å². The van der Waals surface area contributed by atoms with E-state index in [-0.39, 0.29) is 5.78 Å². The number of carbonyl (C=O) groups is 1. The predicted molar refractivity (Wildman–Crippen MR) is 85.6 cm³/mol. The standard InChI is InChI=1S/C14H11Cl3N2O/c1-7(20)9-4-8(2-3-13(9)18)19-14-6-11(16)10(15)5-12(14)17/h2-6,19H,18H2,1H3. The Morgan fingerprint density at radius 3 is 2.35 bits per heavy atom. The second-order valence-electron chi connectivity index (χ2n) is 4.23. The molecule has 3 nitrogen and oxygen atoms in total. The zero-order chi connectivity index (χ0) is 14.9. The van der Waals surface area contributed by atoms with Crippen LogP contribution in [0.4, 0.5) is 17.1 Å². The van der Waals surface area contributed by atoms with Crippen molar-refractivity contribution in [2.24, 2.45) is 0 Å². The third-order valence-corrected chi connectivity index (χ3v) is 3.76. The molecule has 2 rings (SSSR count). The minimum atomic E-state index is -0.105. The van der Waals surface area contributed by atoms with Gasteiger partial charge in [0.2, 0.25) is 0 Å². The first-order chi connectivity index (χ1) is 9.38. The Morgan fingerprint density at radius 1 is 1.05 bits per heavy atom. The van der Waals surface area contributed by atoms with E-state index in [4.69, 9.17) is 40.5 Å². The number of hydrogen-bond donors (Lipinski definition) is 2. The molecule has 2 aromatic rings. The Kier molecular flexibility index (Phi) is 4.43. The summed E-state index contributed by atoms with van der Waals surface area (Å²) in [5.41, 5.74) is 7.91. The summed E-state index contributed by atoms with van der Waals surface area (Å²) in [7, 11) is 0. The van der Waals surface area contributed by atoms with E-state index in [9.17, 15) is 4.79 Å². The zero-order valence-corrected chi connectivity index (χ0v) is 12.8. The normalized spacial score (nSPS) is 10.4. The van der Waals surface area contributed by atoms with Crippen LogP contribution in [-0.4, -0.2) is 5.78 Å². The van der Waals surface area contributed by atoms with Crippen LogP contribution in [0.15, 0.2) is 30.3 Å². The van der Waals surface area contributed by atoms with Crippen molar-refractivity contribution < 1.29 is 4.79 Å². The van der Waals surface area contributed by atoms with Gasteiger partial charge in [-0.05, 0) is 37.3 Å². The summed E-state index contributed by atoms with van der Waals surface area (Å²) in [5.74, 6) is -0.105. The Labute approximate surface area is 131 Å². The monoisotopic (exact) mass is 328 g/mol. The highest BCUT2D eigenvalue weighted by Crippen LogP contribution is 2.34. The second kappa shape index (κ2) is 5.92. The van der Waals surface area contributed by atoms with Crippen LogP contribution in [0.3, 0.4) is 0 Å². The number of rotatable bonds is 3. The first-order valence-corrected chi connectivity index (χ1v) is 6.84. The van der Waals surface area contributed by atoms with Crippen molar-refractivity contribution >= 4 is 57.6 Å². The molecule has 0 unspecified atom stereocenters. The minimum Gasteiger partial charge on any atom is -0.398 e. The molecule has 0 atom stereocenters. The van der Waals surface area contributed by atoms with E-state index < -0.39 is 0 Å². The van der Waals surface area contributed by atoms with E-state index in [2.05, 4.69) is 5.32 Å². The van der Waals surface area contributed by atoms with Gasteiger partial charge < -0.3 is 11.1 Å². The van der Waals surface area contributed by atoms with E-state index in [0.717, 1.165) is 0 Å². The molecule has 0 radical (unpaired) electrons. The van der Waals surface area contributed by atoms with Gasteiger partial charge in [-0.2, -0.15) is 0 Å². The Balaban J connectivity index is 2.38. The maximum absolute atomic E-state index is 11.5. The minimum absolute atomic E-state index is 0.105. The van der Waals surface area contributed by atoms with Gasteiger partial charge in [-0.15, -0.1) is 0 Å².